The predicted molar refractivity (Wildman–Crippen MR) is 71.1 cm³/mol. The molecule has 2 aromatic rings. The van der Waals surface area contributed by atoms with E-state index in [1.165, 1.54) is 24.3 Å². The monoisotopic (exact) mass is 287 g/mol. The molecule has 5 heteroatoms. The van der Waals surface area contributed by atoms with Crippen LogP contribution in [0.5, 0.6) is 11.5 Å². The lowest BCUT2D eigenvalue weighted by atomic mass is 10.1. The molecule has 1 heterocycles. The van der Waals surface area contributed by atoms with E-state index in [9.17, 15) is 8.78 Å². The SMILES string of the molecule is N#Cc1ccc(OCC2Cc3cc(F)ccc3O2)c(F)c1. The Kier molecular flexibility index (Phi) is 3.44. The third-order valence-electron chi connectivity index (χ3n) is 3.25. The van der Waals surface area contributed by atoms with Crippen LogP contribution in [0.3, 0.4) is 0 Å². The highest BCUT2D eigenvalue weighted by Crippen LogP contribution is 2.29. The van der Waals surface area contributed by atoms with Gasteiger partial charge in [0.1, 0.15) is 24.3 Å². The van der Waals surface area contributed by atoms with Crippen LogP contribution in [0.2, 0.25) is 0 Å². The number of hydrogen-bond donors (Lipinski definition) is 0. The van der Waals surface area contributed by atoms with Crippen molar-refractivity contribution >= 4 is 0 Å². The summed E-state index contributed by atoms with van der Waals surface area (Å²) >= 11 is 0. The highest BCUT2D eigenvalue weighted by molar-refractivity contribution is 5.38. The summed E-state index contributed by atoms with van der Waals surface area (Å²) in [4.78, 5) is 0. The maximum absolute atomic E-state index is 13.7. The van der Waals surface area contributed by atoms with Crippen LogP contribution in [0.1, 0.15) is 11.1 Å². The molecule has 1 unspecified atom stereocenters. The predicted octanol–water partition coefficient (Wildman–Crippen LogP) is 3.22. The van der Waals surface area contributed by atoms with E-state index in [1.54, 1.807) is 6.07 Å². The van der Waals surface area contributed by atoms with E-state index in [2.05, 4.69) is 0 Å². The summed E-state index contributed by atoms with van der Waals surface area (Å²) in [6.07, 6.45) is 0.238. The van der Waals surface area contributed by atoms with E-state index >= 15 is 0 Å². The zero-order chi connectivity index (χ0) is 14.8. The van der Waals surface area contributed by atoms with Crippen molar-refractivity contribution in [3.63, 3.8) is 0 Å². The second kappa shape index (κ2) is 5.41. The molecule has 0 aliphatic carbocycles. The smallest absolute Gasteiger partial charge is 0.166 e. The first kappa shape index (κ1) is 13.4. The van der Waals surface area contributed by atoms with E-state index in [0.717, 1.165) is 11.6 Å². The van der Waals surface area contributed by atoms with Gasteiger partial charge in [0, 0.05) is 12.0 Å². The summed E-state index contributed by atoms with van der Waals surface area (Å²) < 4.78 is 37.7. The van der Waals surface area contributed by atoms with Crippen LogP contribution in [0.4, 0.5) is 8.78 Å². The van der Waals surface area contributed by atoms with Crippen molar-refractivity contribution in [2.45, 2.75) is 12.5 Å². The Morgan fingerprint density at radius 1 is 1.24 bits per heavy atom. The molecule has 0 fully saturated rings. The minimum Gasteiger partial charge on any atom is -0.487 e. The van der Waals surface area contributed by atoms with E-state index in [-0.39, 0.29) is 29.8 Å². The first-order chi connectivity index (χ1) is 10.2. The molecule has 0 radical (unpaired) electrons. The molecular formula is C16H11F2NO2. The zero-order valence-corrected chi connectivity index (χ0v) is 11.0. The van der Waals surface area contributed by atoms with Crippen molar-refractivity contribution in [2.75, 3.05) is 6.61 Å². The highest BCUT2D eigenvalue weighted by atomic mass is 19.1. The van der Waals surface area contributed by atoms with Crippen molar-refractivity contribution in [1.29, 1.82) is 5.26 Å². The van der Waals surface area contributed by atoms with Gasteiger partial charge in [-0.15, -0.1) is 0 Å². The van der Waals surface area contributed by atoms with Crippen LogP contribution in [-0.2, 0) is 6.42 Å². The summed E-state index contributed by atoms with van der Waals surface area (Å²) in [7, 11) is 0. The third-order valence-corrected chi connectivity index (χ3v) is 3.25. The number of nitriles is 1. The van der Waals surface area contributed by atoms with Gasteiger partial charge in [-0.2, -0.15) is 5.26 Å². The molecule has 0 N–H and O–H groups in total. The van der Waals surface area contributed by atoms with Gasteiger partial charge in [-0.25, -0.2) is 8.78 Å². The summed E-state index contributed by atoms with van der Waals surface area (Å²) in [5, 5.41) is 8.67. The van der Waals surface area contributed by atoms with Crippen LogP contribution in [-0.4, -0.2) is 12.7 Å². The standard InChI is InChI=1S/C16H11F2NO2/c17-12-2-4-15-11(6-12)7-13(21-15)9-20-16-3-1-10(8-19)5-14(16)18/h1-6,13H,7,9H2. The van der Waals surface area contributed by atoms with Gasteiger partial charge in [0.25, 0.3) is 0 Å². The second-order valence-electron chi connectivity index (χ2n) is 4.76. The van der Waals surface area contributed by atoms with Crippen LogP contribution in [0, 0.1) is 23.0 Å². The van der Waals surface area contributed by atoms with Gasteiger partial charge in [0.15, 0.2) is 11.6 Å². The summed E-state index contributed by atoms with van der Waals surface area (Å²) in [6.45, 7) is 0.152. The molecule has 21 heavy (non-hydrogen) atoms. The largest absolute Gasteiger partial charge is 0.487 e. The Morgan fingerprint density at radius 2 is 2.10 bits per heavy atom. The third kappa shape index (κ3) is 2.79. The second-order valence-corrected chi connectivity index (χ2v) is 4.76. The van der Waals surface area contributed by atoms with Crippen molar-refractivity contribution in [3.8, 4) is 17.6 Å². The average molecular weight is 287 g/mol. The fourth-order valence-corrected chi connectivity index (χ4v) is 2.25. The number of fused-ring (bicyclic) bond motifs is 1. The molecule has 106 valence electrons. The maximum atomic E-state index is 13.7. The number of benzene rings is 2. The number of ether oxygens (including phenoxy) is 2. The minimum atomic E-state index is -0.587. The number of nitrogens with zero attached hydrogens (tertiary/aromatic N) is 1. The first-order valence-electron chi connectivity index (χ1n) is 6.43. The molecule has 2 aromatic carbocycles. The van der Waals surface area contributed by atoms with Crippen molar-refractivity contribution in [2.24, 2.45) is 0 Å². The Hall–Kier alpha value is -2.61. The van der Waals surface area contributed by atoms with Crippen molar-refractivity contribution in [1.82, 2.24) is 0 Å². The van der Waals surface area contributed by atoms with Gasteiger partial charge >= 0.3 is 0 Å². The molecule has 1 aliphatic heterocycles. The molecule has 0 aromatic heterocycles. The molecule has 0 bridgehead atoms. The summed E-state index contributed by atoms with van der Waals surface area (Å²) in [6, 6.07) is 10.2. The van der Waals surface area contributed by atoms with E-state index in [0.29, 0.717) is 12.2 Å². The van der Waals surface area contributed by atoms with Gasteiger partial charge in [0.05, 0.1) is 11.6 Å². The van der Waals surface area contributed by atoms with E-state index < -0.39 is 5.82 Å². The summed E-state index contributed by atoms with van der Waals surface area (Å²) in [5.74, 6) is -0.197. The lowest BCUT2D eigenvalue weighted by Crippen LogP contribution is -2.22. The molecule has 1 atom stereocenters. The first-order valence-corrected chi connectivity index (χ1v) is 6.43. The molecular weight excluding hydrogens is 276 g/mol. The van der Waals surface area contributed by atoms with Gasteiger partial charge in [-0.05, 0) is 36.4 Å². The molecule has 1 aliphatic rings. The lowest BCUT2D eigenvalue weighted by Gasteiger charge is -2.12. The van der Waals surface area contributed by atoms with Gasteiger partial charge in [-0.1, -0.05) is 0 Å². The van der Waals surface area contributed by atoms with E-state index in [4.69, 9.17) is 14.7 Å². The quantitative estimate of drug-likeness (QED) is 0.870. The van der Waals surface area contributed by atoms with Gasteiger partial charge in [0.2, 0.25) is 0 Å². The van der Waals surface area contributed by atoms with Crippen LogP contribution >= 0.6 is 0 Å². The average Bonchev–Trinajstić information content (AvgIpc) is 2.87. The fourth-order valence-electron chi connectivity index (χ4n) is 2.25. The number of halogens is 2. The zero-order valence-electron chi connectivity index (χ0n) is 11.0. The van der Waals surface area contributed by atoms with Gasteiger partial charge in [-0.3, -0.25) is 0 Å². The Bertz CT molecular complexity index is 725. The Balaban J connectivity index is 1.64. The number of hydrogen-bond acceptors (Lipinski definition) is 3. The molecule has 0 saturated carbocycles. The number of rotatable bonds is 3. The Morgan fingerprint density at radius 3 is 2.86 bits per heavy atom. The molecule has 0 amide bonds. The lowest BCUT2D eigenvalue weighted by molar-refractivity contribution is 0.145. The summed E-state index contributed by atoms with van der Waals surface area (Å²) in [5.41, 5.74) is 1.02. The van der Waals surface area contributed by atoms with Crippen LogP contribution < -0.4 is 9.47 Å². The highest BCUT2D eigenvalue weighted by Gasteiger charge is 2.24. The normalized spacial score (nSPS) is 16.0. The maximum Gasteiger partial charge on any atom is 0.166 e. The van der Waals surface area contributed by atoms with Crippen LogP contribution in [0.25, 0.3) is 0 Å². The van der Waals surface area contributed by atoms with Crippen molar-refractivity contribution in [3.05, 3.63) is 59.2 Å². The topological polar surface area (TPSA) is 42.2 Å². The fraction of sp³-hybridized carbons (Fsp3) is 0.188. The minimum absolute atomic E-state index is 0.0692. The molecule has 3 nitrogen and oxygen atoms in total. The molecule has 0 spiro atoms. The Labute approximate surface area is 120 Å². The van der Waals surface area contributed by atoms with E-state index in [1.807, 2.05) is 6.07 Å². The molecule has 0 saturated heterocycles. The molecule has 3 rings (SSSR count). The van der Waals surface area contributed by atoms with Crippen molar-refractivity contribution < 1.29 is 18.3 Å². The van der Waals surface area contributed by atoms with Crippen LogP contribution in [0.15, 0.2) is 36.4 Å². The van der Waals surface area contributed by atoms with Gasteiger partial charge < -0.3 is 9.47 Å².